The van der Waals surface area contributed by atoms with Crippen LogP contribution in [0.3, 0.4) is 0 Å². The van der Waals surface area contributed by atoms with Gasteiger partial charge in [-0.15, -0.1) is 0 Å². The number of carbonyl (C=O) groups is 2. The number of hydrogen-bond donors (Lipinski definition) is 2. The quantitative estimate of drug-likeness (QED) is 0.732. The fourth-order valence-corrected chi connectivity index (χ4v) is 2.95. The van der Waals surface area contributed by atoms with Crippen LogP contribution in [0.4, 0.5) is 0 Å². The molecule has 0 saturated carbocycles. The van der Waals surface area contributed by atoms with Gasteiger partial charge in [-0.25, -0.2) is 9.78 Å². The van der Waals surface area contributed by atoms with Crippen LogP contribution in [0.25, 0.3) is 11.0 Å². The summed E-state index contributed by atoms with van der Waals surface area (Å²) in [7, 11) is 1.79. The van der Waals surface area contributed by atoms with Crippen LogP contribution in [0.1, 0.15) is 27.3 Å². The van der Waals surface area contributed by atoms with E-state index in [1.54, 1.807) is 24.7 Å². The number of nitrogens with zero attached hydrogens (tertiary/aromatic N) is 3. The molecule has 0 unspecified atom stereocenters. The van der Waals surface area contributed by atoms with Crippen molar-refractivity contribution in [2.45, 2.75) is 26.3 Å². The van der Waals surface area contributed by atoms with Gasteiger partial charge in [-0.05, 0) is 25.5 Å². The molecule has 3 aromatic rings. The first kappa shape index (κ1) is 17.6. The Hall–Kier alpha value is -3.22. The number of hydrogen-bond acceptors (Lipinski definition) is 4. The van der Waals surface area contributed by atoms with Crippen LogP contribution in [0.5, 0.6) is 0 Å². The Morgan fingerprint density at radius 2 is 1.88 bits per heavy atom. The number of rotatable bonds is 5. The number of nitrogens with one attached hydrogen (secondary N) is 1. The summed E-state index contributed by atoms with van der Waals surface area (Å²) < 4.78 is 1.66. The number of amides is 1. The topological polar surface area (TPSA) is 97.1 Å². The van der Waals surface area contributed by atoms with Crippen molar-refractivity contribution >= 4 is 22.9 Å². The normalized spacial score (nSPS) is 12.1. The Morgan fingerprint density at radius 1 is 1.19 bits per heavy atom. The van der Waals surface area contributed by atoms with Crippen LogP contribution in [0.2, 0.25) is 0 Å². The van der Waals surface area contributed by atoms with Crippen LogP contribution in [-0.4, -0.2) is 37.8 Å². The Balaban J connectivity index is 1.88. The van der Waals surface area contributed by atoms with E-state index in [9.17, 15) is 14.7 Å². The zero-order valence-electron chi connectivity index (χ0n) is 14.9. The van der Waals surface area contributed by atoms with Gasteiger partial charge in [0.15, 0.2) is 5.65 Å². The van der Waals surface area contributed by atoms with Gasteiger partial charge in [0, 0.05) is 18.9 Å². The van der Waals surface area contributed by atoms with E-state index in [1.807, 2.05) is 37.3 Å². The van der Waals surface area contributed by atoms with Crippen molar-refractivity contribution in [2.75, 3.05) is 0 Å². The minimum atomic E-state index is -1.08. The minimum Gasteiger partial charge on any atom is -0.480 e. The minimum absolute atomic E-state index is 0.211. The van der Waals surface area contributed by atoms with E-state index in [0.29, 0.717) is 16.9 Å². The molecule has 0 aliphatic heterocycles. The highest BCUT2D eigenvalue weighted by atomic mass is 16.4. The smallest absolute Gasteiger partial charge is 0.326 e. The number of aryl methyl sites for hydroxylation is 3. The van der Waals surface area contributed by atoms with Gasteiger partial charge in [-0.1, -0.05) is 30.3 Å². The summed E-state index contributed by atoms with van der Waals surface area (Å²) in [6.07, 6.45) is 0.211. The lowest BCUT2D eigenvalue weighted by molar-refractivity contribution is -0.139. The summed E-state index contributed by atoms with van der Waals surface area (Å²) >= 11 is 0. The Morgan fingerprint density at radius 3 is 2.54 bits per heavy atom. The van der Waals surface area contributed by atoms with E-state index in [0.717, 1.165) is 16.6 Å². The third kappa shape index (κ3) is 3.42. The molecular weight excluding hydrogens is 332 g/mol. The molecule has 0 spiro atoms. The third-order valence-electron chi connectivity index (χ3n) is 4.32. The fraction of sp³-hybridized carbons (Fsp3) is 0.263. The summed E-state index contributed by atoms with van der Waals surface area (Å²) in [5.74, 6) is -1.53. The highest BCUT2D eigenvalue weighted by molar-refractivity contribution is 6.00. The van der Waals surface area contributed by atoms with Crippen molar-refractivity contribution in [3.8, 4) is 0 Å². The van der Waals surface area contributed by atoms with Crippen LogP contribution < -0.4 is 5.32 Å². The molecule has 1 amide bonds. The average Bonchev–Trinajstić information content (AvgIpc) is 2.87. The van der Waals surface area contributed by atoms with E-state index in [-0.39, 0.29) is 6.42 Å². The Bertz CT molecular complexity index is 979. The first-order chi connectivity index (χ1) is 12.4. The maximum Gasteiger partial charge on any atom is 0.326 e. The SMILES string of the molecule is Cc1nc2c(cc1C(=O)N[C@@H](Cc1ccccc1)C(=O)O)c(C)nn2C. The maximum atomic E-state index is 12.7. The highest BCUT2D eigenvalue weighted by Crippen LogP contribution is 2.19. The van der Waals surface area contributed by atoms with Crippen molar-refractivity contribution in [3.63, 3.8) is 0 Å². The Labute approximate surface area is 150 Å². The number of aliphatic carboxylic acids is 1. The number of pyridine rings is 1. The molecular formula is C19H20N4O3. The predicted molar refractivity (Wildman–Crippen MR) is 97.0 cm³/mol. The molecule has 0 bridgehead atoms. The molecule has 0 aliphatic carbocycles. The molecule has 2 heterocycles. The van der Waals surface area contributed by atoms with Gasteiger partial charge >= 0.3 is 5.97 Å². The van der Waals surface area contributed by atoms with Crippen molar-refractivity contribution in [1.29, 1.82) is 0 Å². The number of fused-ring (bicyclic) bond motifs is 1. The molecule has 1 atom stereocenters. The second-order valence-corrected chi connectivity index (χ2v) is 6.26. The van der Waals surface area contributed by atoms with Gasteiger partial charge in [0.25, 0.3) is 5.91 Å². The second-order valence-electron chi connectivity index (χ2n) is 6.26. The van der Waals surface area contributed by atoms with Crippen LogP contribution >= 0.6 is 0 Å². The Kier molecular flexibility index (Phi) is 4.71. The zero-order chi connectivity index (χ0) is 18.8. The number of carbonyl (C=O) groups excluding carboxylic acids is 1. The van der Waals surface area contributed by atoms with Crippen molar-refractivity contribution in [1.82, 2.24) is 20.1 Å². The molecule has 26 heavy (non-hydrogen) atoms. The molecule has 0 radical (unpaired) electrons. The molecule has 7 heteroatoms. The predicted octanol–water partition coefficient (Wildman–Crippen LogP) is 2.01. The number of aromatic nitrogens is 3. The first-order valence-corrected chi connectivity index (χ1v) is 8.25. The molecule has 3 rings (SSSR count). The third-order valence-corrected chi connectivity index (χ3v) is 4.32. The molecule has 1 aromatic carbocycles. The lowest BCUT2D eigenvalue weighted by Crippen LogP contribution is -2.42. The highest BCUT2D eigenvalue weighted by Gasteiger charge is 2.23. The molecule has 7 nitrogen and oxygen atoms in total. The number of carboxylic acids is 1. The van der Waals surface area contributed by atoms with E-state index in [4.69, 9.17) is 0 Å². The average molecular weight is 352 g/mol. The van der Waals surface area contributed by atoms with Crippen LogP contribution in [-0.2, 0) is 18.3 Å². The zero-order valence-corrected chi connectivity index (χ0v) is 14.9. The number of carboxylic acid groups (broad SMARTS) is 1. The van der Waals surface area contributed by atoms with Gasteiger partial charge in [0.2, 0.25) is 0 Å². The summed E-state index contributed by atoms with van der Waals surface area (Å²) in [6.45, 7) is 3.57. The number of benzene rings is 1. The summed E-state index contributed by atoms with van der Waals surface area (Å²) in [5, 5.41) is 17.2. The monoisotopic (exact) mass is 352 g/mol. The van der Waals surface area contributed by atoms with Crippen molar-refractivity contribution in [3.05, 3.63) is 58.9 Å². The van der Waals surface area contributed by atoms with Crippen molar-refractivity contribution in [2.24, 2.45) is 7.05 Å². The first-order valence-electron chi connectivity index (χ1n) is 8.25. The lowest BCUT2D eigenvalue weighted by atomic mass is 10.0. The fourth-order valence-electron chi connectivity index (χ4n) is 2.95. The van der Waals surface area contributed by atoms with Crippen LogP contribution in [0, 0.1) is 13.8 Å². The van der Waals surface area contributed by atoms with Gasteiger partial charge < -0.3 is 10.4 Å². The van der Waals surface area contributed by atoms with Gasteiger partial charge in [-0.3, -0.25) is 9.48 Å². The summed E-state index contributed by atoms with van der Waals surface area (Å²) in [5.41, 5.74) is 3.18. The maximum absolute atomic E-state index is 12.7. The van der Waals surface area contributed by atoms with Crippen molar-refractivity contribution < 1.29 is 14.7 Å². The van der Waals surface area contributed by atoms with Crippen LogP contribution in [0.15, 0.2) is 36.4 Å². The summed E-state index contributed by atoms with van der Waals surface area (Å²) in [4.78, 5) is 28.7. The molecule has 2 aromatic heterocycles. The molecule has 134 valence electrons. The second kappa shape index (κ2) is 6.95. The molecule has 0 saturated heterocycles. The van der Waals surface area contributed by atoms with Gasteiger partial charge in [0.1, 0.15) is 6.04 Å². The van der Waals surface area contributed by atoms with Gasteiger partial charge in [0.05, 0.1) is 17.0 Å². The van der Waals surface area contributed by atoms with E-state index in [2.05, 4.69) is 15.4 Å². The van der Waals surface area contributed by atoms with E-state index in [1.165, 1.54) is 0 Å². The summed E-state index contributed by atoms with van der Waals surface area (Å²) in [6, 6.07) is 9.90. The standard InChI is InChI=1S/C19H20N4O3/c1-11-15(10-14-12(2)22-23(3)17(14)20-11)18(24)21-16(19(25)26)9-13-7-5-4-6-8-13/h4-8,10,16H,9H2,1-3H3,(H,21,24)(H,25,26)/t16-/m0/s1. The van der Waals surface area contributed by atoms with E-state index >= 15 is 0 Å². The lowest BCUT2D eigenvalue weighted by Gasteiger charge is -2.15. The molecule has 0 aliphatic rings. The molecule has 2 N–H and O–H groups in total. The largest absolute Gasteiger partial charge is 0.480 e. The van der Waals surface area contributed by atoms with E-state index < -0.39 is 17.9 Å². The van der Waals surface area contributed by atoms with Gasteiger partial charge in [-0.2, -0.15) is 5.10 Å². The molecule has 0 fully saturated rings.